The van der Waals surface area contributed by atoms with Gasteiger partial charge in [0.25, 0.3) is 0 Å². The summed E-state index contributed by atoms with van der Waals surface area (Å²) in [7, 11) is 0. The van der Waals surface area contributed by atoms with Crippen LogP contribution in [0.3, 0.4) is 0 Å². The summed E-state index contributed by atoms with van der Waals surface area (Å²) in [6.07, 6.45) is 3.51. The van der Waals surface area contributed by atoms with Gasteiger partial charge in [-0.2, -0.15) is 0 Å². The van der Waals surface area contributed by atoms with Gasteiger partial charge in [0.1, 0.15) is 12.1 Å². The average Bonchev–Trinajstić information content (AvgIpc) is 2.85. The normalized spacial score (nSPS) is 11.6. The van der Waals surface area contributed by atoms with E-state index in [-0.39, 0.29) is 5.82 Å². The lowest BCUT2D eigenvalue weighted by Gasteiger charge is -1.96. The molecule has 0 saturated carbocycles. The summed E-state index contributed by atoms with van der Waals surface area (Å²) in [5, 5.41) is 0. The van der Waals surface area contributed by atoms with Crippen molar-refractivity contribution in [1.82, 2.24) is 0 Å². The lowest BCUT2D eigenvalue weighted by atomic mass is 10.2. The van der Waals surface area contributed by atoms with Crippen molar-refractivity contribution in [2.24, 2.45) is 0 Å². The van der Waals surface area contributed by atoms with Gasteiger partial charge in [-0.25, -0.2) is 4.39 Å². The molecule has 0 bridgehead atoms. The number of carbonyl (C=O) groups is 1. The van der Waals surface area contributed by atoms with Crippen LogP contribution in [-0.2, 0) is 4.79 Å². The fraction of sp³-hybridized carbons (Fsp3) is 0.133. The quantitative estimate of drug-likeness (QED) is 0.582. The average molecular weight is 260 g/mol. The summed E-state index contributed by atoms with van der Waals surface area (Å²) in [5.74, 6) is -0.232. The smallest absolute Gasteiger partial charge is 0.146 e. The number of hydrogen-bond acceptors (Lipinski definition) is 2. The lowest BCUT2D eigenvalue weighted by molar-refractivity contribution is -0.104. The molecule has 0 radical (unpaired) electrons. The van der Waals surface area contributed by atoms with Gasteiger partial charge < -0.3 is 0 Å². The molecule has 0 saturated heterocycles. The fourth-order valence-electron chi connectivity index (χ4n) is 1.60. The molecule has 0 aliphatic carbocycles. The Labute approximate surface area is 110 Å². The Kier molecular flexibility index (Phi) is 4.05. The first-order valence-electron chi connectivity index (χ1n) is 5.74. The Morgan fingerprint density at radius 3 is 2.56 bits per heavy atom. The largest absolute Gasteiger partial charge is 0.298 e. The summed E-state index contributed by atoms with van der Waals surface area (Å²) in [4.78, 5) is 12.9. The van der Waals surface area contributed by atoms with E-state index in [0.29, 0.717) is 0 Å². The molecule has 0 aliphatic rings. The maximum Gasteiger partial charge on any atom is 0.146 e. The van der Waals surface area contributed by atoms with Crippen LogP contribution < -0.4 is 0 Å². The van der Waals surface area contributed by atoms with Crippen molar-refractivity contribution >= 4 is 23.7 Å². The van der Waals surface area contributed by atoms with Crippen molar-refractivity contribution in [3.63, 3.8) is 0 Å². The number of halogens is 1. The summed E-state index contributed by atoms with van der Waals surface area (Å²) in [5.41, 5.74) is 1.77. The van der Waals surface area contributed by atoms with Gasteiger partial charge in [-0.05, 0) is 47.9 Å². The number of aldehydes is 1. The zero-order valence-electron chi connectivity index (χ0n) is 10.0. The van der Waals surface area contributed by atoms with E-state index < -0.39 is 0 Å². The van der Waals surface area contributed by atoms with E-state index in [1.54, 1.807) is 23.5 Å². The Balaban J connectivity index is 2.28. The SMILES string of the molecule is CCC(C=O)=Cc1ccc(-c2ccc(F)cc2)s1. The van der Waals surface area contributed by atoms with Gasteiger partial charge in [-0.15, -0.1) is 11.3 Å². The van der Waals surface area contributed by atoms with Crippen LogP contribution >= 0.6 is 11.3 Å². The second kappa shape index (κ2) is 5.74. The molecule has 1 nitrogen and oxygen atoms in total. The zero-order valence-corrected chi connectivity index (χ0v) is 10.8. The molecule has 3 heteroatoms. The first kappa shape index (κ1) is 12.7. The van der Waals surface area contributed by atoms with Gasteiger partial charge in [0, 0.05) is 9.75 Å². The first-order valence-corrected chi connectivity index (χ1v) is 6.56. The highest BCUT2D eigenvalue weighted by Gasteiger charge is 2.02. The second-order valence-corrected chi connectivity index (χ2v) is 5.01. The van der Waals surface area contributed by atoms with Gasteiger partial charge >= 0.3 is 0 Å². The molecule has 0 spiro atoms. The molecule has 1 aromatic carbocycles. The molecule has 18 heavy (non-hydrogen) atoms. The molecule has 0 N–H and O–H groups in total. The highest BCUT2D eigenvalue weighted by Crippen LogP contribution is 2.29. The predicted octanol–water partition coefficient (Wildman–Crippen LogP) is 4.55. The van der Waals surface area contributed by atoms with Crippen LogP contribution in [0.5, 0.6) is 0 Å². The molecule has 1 aromatic heterocycles. The summed E-state index contributed by atoms with van der Waals surface area (Å²) in [6, 6.07) is 10.4. The fourth-order valence-corrected chi connectivity index (χ4v) is 2.59. The van der Waals surface area contributed by atoms with Crippen molar-refractivity contribution in [1.29, 1.82) is 0 Å². The standard InChI is InChI=1S/C15H13FOS/c1-2-11(10-17)9-14-7-8-15(18-14)12-3-5-13(16)6-4-12/h3-10H,2H2,1H3. The van der Waals surface area contributed by atoms with E-state index in [0.717, 1.165) is 33.6 Å². The van der Waals surface area contributed by atoms with Crippen LogP contribution in [0.25, 0.3) is 16.5 Å². The van der Waals surface area contributed by atoms with Crippen LogP contribution in [0.1, 0.15) is 18.2 Å². The molecule has 1 heterocycles. The molecule has 92 valence electrons. The molecular formula is C15H13FOS. The minimum atomic E-state index is -0.232. The third-order valence-corrected chi connectivity index (χ3v) is 3.72. The second-order valence-electron chi connectivity index (χ2n) is 3.90. The Bertz CT molecular complexity index is 566. The van der Waals surface area contributed by atoms with E-state index >= 15 is 0 Å². The van der Waals surface area contributed by atoms with E-state index in [9.17, 15) is 9.18 Å². The van der Waals surface area contributed by atoms with Crippen LogP contribution in [0, 0.1) is 5.82 Å². The summed E-state index contributed by atoms with van der Waals surface area (Å²) < 4.78 is 12.8. The number of hydrogen-bond donors (Lipinski definition) is 0. The Morgan fingerprint density at radius 1 is 1.22 bits per heavy atom. The number of allylic oxidation sites excluding steroid dienone is 1. The van der Waals surface area contributed by atoms with Crippen LogP contribution in [-0.4, -0.2) is 6.29 Å². The molecule has 0 aliphatic heterocycles. The van der Waals surface area contributed by atoms with Gasteiger partial charge in [-0.3, -0.25) is 4.79 Å². The predicted molar refractivity (Wildman–Crippen MR) is 74.0 cm³/mol. The van der Waals surface area contributed by atoms with Gasteiger partial charge in [0.05, 0.1) is 0 Å². The van der Waals surface area contributed by atoms with Crippen molar-refractivity contribution in [3.8, 4) is 10.4 Å². The van der Waals surface area contributed by atoms with Crippen molar-refractivity contribution in [2.45, 2.75) is 13.3 Å². The Morgan fingerprint density at radius 2 is 1.94 bits per heavy atom. The molecule has 2 aromatic rings. The molecule has 2 rings (SSSR count). The Hall–Kier alpha value is -1.74. The molecule has 0 unspecified atom stereocenters. The van der Waals surface area contributed by atoms with Crippen LogP contribution in [0.4, 0.5) is 4.39 Å². The summed E-state index contributed by atoms with van der Waals surface area (Å²) >= 11 is 1.59. The minimum Gasteiger partial charge on any atom is -0.298 e. The topological polar surface area (TPSA) is 17.1 Å². The molecule has 0 amide bonds. The van der Waals surface area contributed by atoms with E-state index in [1.807, 2.05) is 25.1 Å². The number of rotatable bonds is 4. The number of benzene rings is 1. The number of carbonyl (C=O) groups excluding carboxylic acids is 1. The highest BCUT2D eigenvalue weighted by atomic mass is 32.1. The maximum absolute atomic E-state index is 12.8. The number of thiophene rings is 1. The van der Waals surface area contributed by atoms with Gasteiger partial charge in [-0.1, -0.05) is 19.1 Å². The van der Waals surface area contributed by atoms with Crippen LogP contribution in [0.2, 0.25) is 0 Å². The van der Waals surface area contributed by atoms with Crippen molar-refractivity contribution in [3.05, 3.63) is 52.7 Å². The van der Waals surface area contributed by atoms with Crippen molar-refractivity contribution < 1.29 is 9.18 Å². The lowest BCUT2D eigenvalue weighted by Crippen LogP contribution is -1.79. The van der Waals surface area contributed by atoms with Gasteiger partial charge in [0.2, 0.25) is 0 Å². The van der Waals surface area contributed by atoms with E-state index in [4.69, 9.17) is 0 Å². The monoisotopic (exact) mass is 260 g/mol. The third-order valence-electron chi connectivity index (χ3n) is 2.64. The minimum absolute atomic E-state index is 0.232. The van der Waals surface area contributed by atoms with E-state index in [2.05, 4.69) is 0 Å². The van der Waals surface area contributed by atoms with Gasteiger partial charge in [0.15, 0.2) is 0 Å². The molecule has 0 fully saturated rings. The summed E-state index contributed by atoms with van der Waals surface area (Å²) in [6.45, 7) is 1.95. The zero-order chi connectivity index (χ0) is 13.0. The molecular weight excluding hydrogens is 247 g/mol. The van der Waals surface area contributed by atoms with E-state index in [1.165, 1.54) is 12.1 Å². The van der Waals surface area contributed by atoms with Crippen LogP contribution in [0.15, 0.2) is 42.0 Å². The first-order chi connectivity index (χ1) is 8.72. The molecule has 0 atom stereocenters. The maximum atomic E-state index is 12.8. The highest BCUT2D eigenvalue weighted by molar-refractivity contribution is 7.16. The third kappa shape index (κ3) is 2.93. The van der Waals surface area contributed by atoms with Crippen molar-refractivity contribution in [2.75, 3.05) is 0 Å².